The minimum absolute atomic E-state index is 0. The molecule has 0 spiro atoms. The molecule has 0 aliphatic carbocycles. The number of hydrogen-bond donors (Lipinski definition) is 2. The van der Waals surface area contributed by atoms with Crippen molar-refractivity contribution in [3.63, 3.8) is 0 Å². The van der Waals surface area contributed by atoms with E-state index in [0.717, 1.165) is 13.0 Å². The number of sulfonamides is 1. The van der Waals surface area contributed by atoms with Crippen molar-refractivity contribution in [3.05, 3.63) is 24.3 Å². The Balaban J connectivity index is 0.00000180. The van der Waals surface area contributed by atoms with Crippen LogP contribution in [0.1, 0.15) is 13.3 Å². The van der Waals surface area contributed by atoms with E-state index in [4.69, 9.17) is 4.74 Å². The molecular weight excluding hydrogens is 288 g/mol. The van der Waals surface area contributed by atoms with Gasteiger partial charge in [0.15, 0.2) is 0 Å². The molecule has 2 N–H and O–H groups in total. The van der Waals surface area contributed by atoms with Crippen LogP contribution >= 0.6 is 12.4 Å². The molecule has 7 heteroatoms. The Morgan fingerprint density at radius 1 is 1.47 bits per heavy atom. The largest absolute Gasteiger partial charge is 0.494 e. The highest BCUT2D eigenvalue weighted by molar-refractivity contribution is 7.89. The summed E-state index contributed by atoms with van der Waals surface area (Å²) in [6.45, 7) is 3.92. The average Bonchev–Trinajstić information content (AvgIpc) is 2.82. The average molecular weight is 307 g/mol. The van der Waals surface area contributed by atoms with Crippen LogP contribution in [0.4, 0.5) is 0 Å². The predicted molar refractivity (Wildman–Crippen MR) is 76.5 cm³/mol. The quantitative estimate of drug-likeness (QED) is 0.856. The Hall–Kier alpha value is -0.820. The van der Waals surface area contributed by atoms with Gasteiger partial charge in [-0.3, -0.25) is 0 Å². The van der Waals surface area contributed by atoms with Gasteiger partial charge in [0.2, 0.25) is 10.0 Å². The molecule has 1 aliphatic rings. The second kappa shape index (κ2) is 7.09. The lowest BCUT2D eigenvalue weighted by atomic mass is 10.3. The van der Waals surface area contributed by atoms with Gasteiger partial charge in [0.05, 0.1) is 11.5 Å². The van der Waals surface area contributed by atoms with E-state index in [-0.39, 0.29) is 23.3 Å². The first-order valence-electron chi connectivity index (χ1n) is 6.08. The summed E-state index contributed by atoms with van der Waals surface area (Å²) in [6, 6.07) is 6.54. The van der Waals surface area contributed by atoms with Gasteiger partial charge in [-0.1, -0.05) is 6.07 Å². The topological polar surface area (TPSA) is 67.4 Å². The third kappa shape index (κ3) is 4.35. The van der Waals surface area contributed by atoms with E-state index in [1.807, 2.05) is 6.92 Å². The van der Waals surface area contributed by atoms with Crippen LogP contribution < -0.4 is 14.8 Å². The first-order valence-corrected chi connectivity index (χ1v) is 7.56. The standard InChI is InChI=1S/C12H18N2O3S.ClH/c1-2-17-11-4-3-5-12(8-11)18(15,16)14-10-6-7-13-9-10;/h3-5,8,10,13-14H,2,6-7,9H2,1H3;1H. The maximum atomic E-state index is 12.2. The molecular formula is C12H19ClN2O3S. The third-order valence-electron chi connectivity index (χ3n) is 2.81. The monoisotopic (exact) mass is 306 g/mol. The summed E-state index contributed by atoms with van der Waals surface area (Å²) in [4.78, 5) is 0.250. The van der Waals surface area contributed by atoms with Crippen molar-refractivity contribution in [2.45, 2.75) is 24.3 Å². The summed E-state index contributed by atoms with van der Waals surface area (Å²) in [6.07, 6.45) is 0.824. The summed E-state index contributed by atoms with van der Waals surface area (Å²) in [5, 5.41) is 3.13. The summed E-state index contributed by atoms with van der Waals surface area (Å²) < 4.78 is 32.3. The molecule has 0 saturated carbocycles. The molecule has 1 aliphatic heterocycles. The van der Waals surface area contributed by atoms with Gasteiger partial charge in [0, 0.05) is 18.7 Å². The normalized spacial score (nSPS) is 18.9. The molecule has 2 rings (SSSR count). The molecule has 1 saturated heterocycles. The molecule has 1 fully saturated rings. The molecule has 0 aromatic heterocycles. The van der Waals surface area contributed by atoms with Crippen LogP contribution in [-0.2, 0) is 10.0 Å². The molecule has 1 aromatic carbocycles. The highest BCUT2D eigenvalue weighted by Crippen LogP contribution is 2.18. The maximum absolute atomic E-state index is 12.2. The van der Waals surface area contributed by atoms with Crippen LogP contribution in [0.5, 0.6) is 5.75 Å². The zero-order chi connectivity index (χ0) is 13.0. The van der Waals surface area contributed by atoms with Crippen LogP contribution in [0, 0.1) is 0 Å². The molecule has 1 aromatic rings. The van der Waals surface area contributed by atoms with E-state index in [0.29, 0.717) is 18.9 Å². The molecule has 1 unspecified atom stereocenters. The number of nitrogens with one attached hydrogen (secondary N) is 2. The van der Waals surface area contributed by atoms with Crippen molar-refractivity contribution in [1.82, 2.24) is 10.0 Å². The number of ether oxygens (including phenoxy) is 1. The fourth-order valence-electron chi connectivity index (χ4n) is 1.94. The summed E-state index contributed by atoms with van der Waals surface area (Å²) in [5.74, 6) is 0.574. The third-order valence-corrected chi connectivity index (χ3v) is 4.33. The molecule has 0 bridgehead atoms. The highest BCUT2D eigenvalue weighted by atomic mass is 35.5. The van der Waals surface area contributed by atoms with Crippen molar-refractivity contribution >= 4 is 22.4 Å². The van der Waals surface area contributed by atoms with Crippen molar-refractivity contribution in [2.75, 3.05) is 19.7 Å². The van der Waals surface area contributed by atoms with Gasteiger partial charge in [-0.25, -0.2) is 13.1 Å². The Morgan fingerprint density at radius 2 is 2.26 bits per heavy atom. The van der Waals surface area contributed by atoms with Gasteiger partial charge in [-0.2, -0.15) is 0 Å². The lowest BCUT2D eigenvalue weighted by molar-refractivity contribution is 0.339. The van der Waals surface area contributed by atoms with Crippen LogP contribution in [0.25, 0.3) is 0 Å². The van der Waals surface area contributed by atoms with Crippen molar-refractivity contribution in [3.8, 4) is 5.75 Å². The van der Waals surface area contributed by atoms with Gasteiger partial charge in [0.1, 0.15) is 5.75 Å². The van der Waals surface area contributed by atoms with E-state index >= 15 is 0 Å². The van der Waals surface area contributed by atoms with Crippen LogP contribution in [0.2, 0.25) is 0 Å². The van der Waals surface area contributed by atoms with Gasteiger partial charge < -0.3 is 10.1 Å². The summed E-state index contributed by atoms with van der Waals surface area (Å²) >= 11 is 0. The Kier molecular flexibility index (Phi) is 6.06. The molecule has 108 valence electrons. The number of rotatable bonds is 5. The Morgan fingerprint density at radius 3 is 2.89 bits per heavy atom. The molecule has 1 heterocycles. The Bertz CT molecular complexity index is 501. The molecule has 0 amide bonds. The molecule has 19 heavy (non-hydrogen) atoms. The lowest BCUT2D eigenvalue weighted by Gasteiger charge is -2.12. The first-order chi connectivity index (χ1) is 8.62. The van der Waals surface area contributed by atoms with Gasteiger partial charge in [0.25, 0.3) is 0 Å². The highest BCUT2D eigenvalue weighted by Gasteiger charge is 2.22. The zero-order valence-electron chi connectivity index (χ0n) is 10.8. The van der Waals surface area contributed by atoms with Crippen molar-refractivity contribution in [2.24, 2.45) is 0 Å². The number of benzene rings is 1. The summed E-state index contributed by atoms with van der Waals surface area (Å²) in [7, 11) is -3.45. The lowest BCUT2D eigenvalue weighted by Crippen LogP contribution is -2.36. The smallest absolute Gasteiger partial charge is 0.240 e. The minimum Gasteiger partial charge on any atom is -0.494 e. The van der Waals surface area contributed by atoms with E-state index in [1.54, 1.807) is 24.3 Å². The van der Waals surface area contributed by atoms with Crippen molar-refractivity contribution in [1.29, 1.82) is 0 Å². The molecule has 5 nitrogen and oxygen atoms in total. The SMILES string of the molecule is CCOc1cccc(S(=O)(=O)NC2CCNC2)c1.Cl. The van der Waals surface area contributed by atoms with Crippen molar-refractivity contribution < 1.29 is 13.2 Å². The predicted octanol–water partition coefficient (Wildman–Crippen LogP) is 1.15. The minimum atomic E-state index is -3.45. The zero-order valence-corrected chi connectivity index (χ0v) is 12.4. The summed E-state index contributed by atoms with van der Waals surface area (Å²) in [5.41, 5.74) is 0. The number of halogens is 1. The maximum Gasteiger partial charge on any atom is 0.240 e. The van der Waals surface area contributed by atoms with E-state index in [2.05, 4.69) is 10.0 Å². The van der Waals surface area contributed by atoms with E-state index in [1.165, 1.54) is 0 Å². The second-order valence-corrected chi connectivity index (χ2v) is 5.93. The molecule has 1 atom stereocenters. The Labute approximate surface area is 120 Å². The van der Waals surface area contributed by atoms with E-state index < -0.39 is 10.0 Å². The fraction of sp³-hybridized carbons (Fsp3) is 0.500. The van der Waals surface area contributed by atoms with Gasteiger partial charge in [-0.05, 0) is 32.0 Å². The number of hydrogen-bond acceptors (Lipinski definition) is 4. The van der Waals surface area contributed by atoms with Gasteiger partial charge in [-0.15, -0.1) is 12.4 Å². The van der Waals surface area contributed by atoms with Gasteiger partial charge >= 0.3 is 0 Å². The second-order valence-electron chi connectivity index (χ2n) is 4.22. The van der Waals surface area contributed by atoms with Crippen LogP contribution in [0.3, 0.4) is 0 Å². The van der Waals surface area contributed by atoms with Crippen LogP contribution in [-0.4, -0.2) is 34.2 Å². The van der Waals surface area contributed by atoms with E-state index in [9.17, 15) is 8.42 Å². The van der Waals surface area contributed by atoms with Crippen LogP contribution in [0.15, 0.2) is 29.2 Å². The molecule has 0 radical (unpaired) electrons. The first kappa shape index (κ1) is 16.2. The fourth-order valence-corrected chi connectivity index (χ4v) is 3.25.